The van der Waals surface area contributed by atoms with Crippen molar-refractivity contribution in [1.82, 2.24) is 25.1 Å². The van der Waals surface area contributed by atoms with E-state index in [9.17, 15) is 18.0 Å². The molecular weight excluding hydrogens is 469 g/mol. The molecule has 7 nitrogen and oxygen atoms in total. The van der Waals surface area contributed by atoms with Crippen molar-refractivity contribution in [1.29, 1.82) is 0 Å². The molecule has 2 fully saturated rings. The number of nitrogens with one attached hydrogen (secondary N) is 2. The number of amides is 1. The van der Waals surface area contributed by atoms with Gasteiger partial charge in [-0.1, -0.05) is 32.4 Å². The number of rotatable bonds is 2. The predicted octanol–water partition coefficient (Wildman–Crippen LogP) is 3.80. The zero-order chi connectivity index (χ0) is 25.4. The Hall–Kier alpha value is -2.46. The second-order valence-corrected chi connectivity index (χ2v) is 10.8. The number of hydrogen-bond donors (Lipinski definition) is 2. The fourth-order valence-electron chi connectivity index (χ4n) is 5.94. The Bertz CT molecular complexity index is 1090. The van der Waals surface area contributed by atoms with Gasteiger partial charge in [-0.05, 0) is 37.3 Å². The monoisotopic (exact) mass is 504 g/mol. The largest absolute Gasteiger partial charge is 0.391 e. The molecule has 3 unspecified atom stereocenters. The summed E-state index contributed by atoms with van der Waals surface area (Å²) in [6.07, 6.45) is -2.34. The number of nitrogens with zero attached hydrogens (tertiary/aromatic N) is 4. The molecule has 1 aliphatic carbocycles. The van der Waals surface area contributed by atoms with Crippen LogP contribution >= 0.6 is 0 Å². The number of anilines is 1. The summed E-state index contributed by atoms with van der Waals surface area (Å²) in [5.74, 6) is 0.0542. The van der Waals surface area contributed by atoms with Gasteiger partial charge in [0, 0.05) is 43.6 Å². The van der Waals surface area contributed by atoms with Gasteiger partial charge in [-0.2, -0.15) is 13.2 Å². The first-order chi connectivity index (χ1) is 17.2. The van der Waals surface area contributed by atoms with E-state index in [0.717, 1.165) is 17.3 Å². The molecule has 5 rings (SSSR count). The van der Waals surface area contributed by atoms with Crippen molar-refractivity contribution in [2.75, 3.05) is 31.5 Å². The quantitative estimate of drug-likeness (QED) is 0.648. The van der Waals surface area contributed by atoms with Crippen molar-refractivity contribution >= 4 is 22.6 Å². The fourth-order valence-corrected chi connectivity index (χ4v) is 5.94. The highest BCUT2D eigenvalue weighted by Crippen LogP contribution is 2.39. The van der Waals surface area contributed by atoms with Crippen LogP contribution in [-0.2, 0) is 11.3 Å². The first-order valence-electron chi connectivity index (χ1n) is 13.0. The molecule has 1 saturated heterocycles. The van der Waals surface area contributed by atoms with Crippen molar-refractivity contribution in [3.63, 3.8) is 0 Å². The van der Waals surface area contributed by atoms with Crippen molar-refractivity contribution in [3.05, 3.63) is 30.1 Å². The first kappa shape index (κ1) is 25.2. The molecule has 36 heavy (non-hydrogen) atoms. The summed E-state index contributed by atoms with van der Waals surface area (Å²) < 4.78 is 40.3. The molecule has 0 radical (unpaired) electrons. The maximum absolute atomic E-state index is 13.4. The summed E-state index contributed by atoms with van der Waals surface area (Å²) in [6, 6.07) is 7.21. The third-order valence-corrected chi connectivity index (χ3v) is 8.01. The first-order valence-corrected chi connectivity index (χ1v) is 13.0. The Morgan fingerprint density at radius 2 is 1.83 bits per heavy atom. The minimum absolute atomic E-state index is 0.0293. The van der Waals surface area contributed by atoms with E-state index in [2.05, 4.69) is 20.4 Å². The normalized spacial score (nSPS) is 28.8. The molecule has 2 aromatic rings. The lowest BCUT2D eigenvalue weighted by molar-refractivity contribution is -0.187. The van der Waals surface area contributed by atoms with Gasteiger partial charge in [0.25, 0.3) is 0 Å². The average Bonchev–Trinajstić information content (AvgIpc) is 2.87. The van der Waals surface area contributed by atoms with Crippen LogP contribution in [-0.4, -0.2) is 76.2 Å². The van der Waals surface area contributed by atoms with E-state index < -0.39 is 18.1 Å². The topological polar surface area (TPSA) is 73.4 Å². The summed E-state index contributed by atoms with van der Waals surface area (Å²) in [4.78, 5) is 27.4. The van der Waals surface area contributed by atoms with Crippen LogP contribution in [0.15, 0.2) is 24.3 Å². The summed E-state index contributed by atoms with van der Waals surface area (Å²) >= 11 is 0. The molecule has 1 saturated carbocycles. The average molecular weight is 505 g/mol. The van der Waals surface area contributed by atoms with E-state index in [4.69, 9.17) is 9.97 Å². The maximum atomic E-state index is 13.4. The summed E-state index contributed by atoms with van der Waals surface area (Å²) in [6.45, 7) is 6.97. The van der Waals surface area contributed by atoms with Crippen molar-refractivity contribution < 1.29 is 18.0 Å². The molecule has 4 atom stereocenters. The highest BCUT2D eigenvalue weighted by molar-refractivity contribution is 5.92. The van der Waals surface area contributed by atoms with E-state index in [0.29, 0.717) is 50.8 Å². The zero-order valence-corrected chi connectivity index (χ0v) is 20.9. The Kier molecular flexibility index (Phi) is 7.09. The van der Waals surface area contributed by atoms with Crippen LogP contribution in [0.25, 0.3) is 10.9 Å². The standard InChI is InChI=1S/C26H35F3N6O/c1-16(2)23-25(36)30-13-19-14-34(18-7-5-6-17(12-18)26(27,28)29)10-11-35(19)15-22-31-21-9-4-3-8-20(21)24(32-22)33-23/h3-4,8-9,16-19,23H,5-7,10-15H2,1-2H3,(H,30,36)(H,31,32,33)/t17?,18?,19?,23-/m0/s1. The molecule has 0 spiro atoms. The smallest absolute Gasteiger partial charge is 0.358 e. The number of benzene rings is 1. The lowest BCUT2D eigenvalue weighted by Crippen LogP contribution is -2.60. The van der Waals surface area contributed by atoms with Gasteiger partial charge in [-0.25, -0.2) is 9.97 Å². The maximum Gasteiger partial charge on any atom is 0.391 e. The predicted molar refractivity (Wildman–Crippen MR) is 132 cm³/mol. The van der Waals surface area contributed by atoms with E-state index >= 15 is 0 Å². The van der Waals surface area contributed by atoms with Crippen molar-refractivity contribution in [3.8, 4) is 0 Å². The number of aromatic nitrogens is 2. The number of carbonyl (C=O) groups is 1. The summed E-state index contributed by atoms with van der Waals surface area (Å²) in [5, 5.41) is 7.37. The number of piperazine rings is 1. The summed E-state index contributed by atoms with van der Waals surface area (Å²) in [7, 11) is 0. The highest BCUT2D eigenvalue weighted by atomic mass is 19.4. The Morgan fingerprint density at radius 1 is 1.06 bits per heavy atom. The second-order valence-electron chi connectivity index (χ2n) is 10.8. The molecule has 196 valence electrons. The highest BCUT2D eigenvalue weighted by Gasteiger charge is 2.44. The van der Waals surface area contributed by atoms with E-state index in [1.165, 1.54) is 0 Å². The summed E-state index contributed by atoms with van der Waals surface area (Å²) in [5.41, 5.74) is 0.822. The number of fused-ring (bicyclic) bond motifs is 5. The molecule has 1 aromatic heterocycles. The molecular formula is C26H35F3N6O. The molecule has 1 amide bonds. The fraction of sp³-hybridized carbons (Fsp3) is 0.654. The zero-order valence-electron chi connectivity index (χ0n) is 20.9. The molecule has 3 aliphatic rings. The van der Waals surface area contributed by atoms with E-state index in [-0.39, 0.29) is 36.8 Å². The van der Waals surface area contributed by atoms with Crippen LogP contribution in [0.4, 0.5) is 19.0 Å². The van der Waals surface area contributed by atoms with Gasteiger partial charge in [-0.15, -0.1) is 0 Å². The number of halogens is 3. The van der Waals surface area contributed by atoms with Gasteiger partial charge in [0.2, 0.25) is 5.91 Å². The second kappa shape index (κ2) is 10.1. The van der Waals surface area contributed by atoms with Crippen LogP contribution < -0.4 is 10.6 Å². The third kappa shape index (κ3) is 5.29. The lowest BCUT2D eigenvalue weighted by atomic mass is 9.84. The van der Waals surface area contributed by atoms with Crippen molar-refractivity contribution in [2.45, 2.75) is 70.4 Å². The SMILES string of the molecule is CC(C)[C@@H]1Nc2nc(nc3ccccc23)CN2CCN(C3CCCC(C(F)(F)F)C3)CC2CNC1=O. The number of carbonyl (C=O) groups excluding carboxylic acids is 1. The lowest BCUT2D eigenvalue weighted by Gasteiger charge is -2.46. The molecule has 3 heterocycles. The minimum Gasteiger partial charge on any atom is -0.358 e. The number of hydrogen-bond acceptors (Lipinski definition) is 6. The molecule has 10 heteroatoms. The minimum atomic E-state index is -4.13. The van der Waals surface area contributed by atoms with E-state index in [1.807, 2.05) is 38.1 Å². The van der Waals surface area contributed by atoms with Crippen LogP contribution in [0.3, 0.4) is 0 Å². The molecule has 2 aliphatic heterocycles. The van der Waals surface area contributed by atoms with Gasteiger partial charge in [-0.3, -0.25) is 14.6 Å². The van der Waals surface area contributed by atoms with Gasteiger partial charge >= 0.3 is 6.18 Å². The number of para-hydroxylation sites is 1. The van der Waals surface area contributed by atoms with Crippen LogP contribution in [0.1, 0.15) is 45.4 Å². The van der Waals surface area contributed by atoms with Gasteiger partial charge in [0.15, 0.2) is 0 Å². The Labute approximate surface area is 209 Å². The Morgan fingerprint density at radius 3 is 2.61 bits per heavy atom. The molecule has 2 bridgehead atoms. The van der Waals surface area contributed by atoms with Gasteiger partial charge in [0.05, 0.1) is 18.0 Å². The van der Waals surface area contributed by atoms with Crippen LogP contribution in [0.5, 0.6) is 0 Å². The van der Waals surface area contributed by atoms with Gasteiger partial charge < -0.3 is 10.6 Å². The third-order valence-electron chi connectivity index (χ3n) is 8.01. The molecule has 1 aromatic carbocycles. The van der Waals surface area contributed by atoms with Crippen LogP contribution in [0, 0.1) is 11.8 Å². The van der Waals surface area contributed by atoms with E-state index in [1.54, 1.807) is 0 Å². The van der Waals surface area contributed by atoms with Gasteiger partial charge in [0.1, 0.15) is 17.7 Å². The Balaban J connectivity index is 1.41. The molecule has 2 N–H and O–H groups in total. The van der Waals surface area contributed by atoms with Crippen LogP contribution in [0.2, 0.25) is 0 Å². The number of alkyl halides is 3. The van der Waals surface area contributed by atoms with Crippen molar-refractivity contribution in [2.24, 2.45) is 11.8 Å².